The monoisotopic (exact) mass is 176 g/mol. The smallest absolute Gasteiger partial charge is 0.400 e. The third-order valence-electron chi connectivity index (χ3n) is 1.80. The van der Waals surface area contributed by atoms with Crippen LogP contribution in [-0.2, 0) is 13.6 Å². The zero-order valence-corrected chi connectivity index (χ0v) is 8.80. The zero-order chi connectivity index (χ0) is 9.07. The number of carbonyl (C=O) groups is 1. The lowest BCUT2D eigenvalue weighted by Gasteiger charge is -2.27. The van der Waals surface area contributed by atoms with Gasteiger partial charge in [0, 0.05) is 19.6 Å². The largest absolute Gasteiger partial charge is 0.494 e. The Balaban J connectivity index is 4.22. The zero-order valence-electron chi connectivity index (χ0n) is 7.80. The topological polar surface area (TPSA) is 35.5 Å². The van der Waals surface area contributed by atoms with Crippen LogP contribution in [0.1, 0.15) is 20.8 Å². The molecule has 0 spiro atoms. The molecule has 0 bridgehead atoms. The highest BCUT2D eigenvalue weighted by molar-refractivity contribution is 6.68. The molecule has 0 aliphatic carbocycles. The summed E-state index contributed by atoms with van der Waals surface area (Å²) in [5, 5.41) is 0. The molecule has 66 valence electrons. The van der Waals surface area contributed by atoms with Crippen LogP contribution in [0.3, 0.4) is 0 Å². The van der Waals surface area contributed by atoms with Crippen LogP contribution < -0.4 is 0 Å². The van der Waals surface area contributed by atoms with E-state index in [1.54, 1.807) is 7.11 Å². The number of hydrogen-bond acceptors (Lipinski definition) is 3. The van der Waals surface area contributed by atoms with Crippen molar-refractivity contribution in [3.8, 4) is 0 Å². The minimum Gasteiger partial charge on any atom is -0.494 e. The van der Waals surface area contributed by atoms with Crippen LogP contribution in [0.4, 0.5) is 0 Å². The summed E-state index contributed by atoms with van der Waals surface area (Å²) in [5.74, 6) is -0.255. The standard InChI is InChI=1S/C7H16O3Si/c1-6(2)11(5,9-4)10-7(3)8/h6H,1-5H3. The van der Waals surface area contributed by atoms with Crippen molar-refractivity contribution >= 4 is 14.5 Å². The Hall–Kier alpha value is -0.353. The summed E-state index contributed by atoms with van der Waals surface area (Å²) in [6, 6.07) is 0. The first kappa shape index (κ1) is 10.6. The van der Waals surface area contributed by atoms with E-state index in [0.717, 1.165) is 0 Å². The molecule has 0 N–H and O–H groups in total. The van der Waals surface area contributed by atoms with E-state index >= 15 is 0 Å². The van der Waals surface area contributed by atoms with Crippen molar-refractivity contribution in [3.05, 3.63) is 0 Å². The molecule has 0 saturated heterocycles. The van der Waals surface area contributed by atoms with Crippen LogP contribution >= 0.6 is 0 Å². The van der Waals surface area contributed by atoms with Gasteiger partial charge in [-0.15, -0.1) is 0 Å². The third kappa shape index (κ3) is 3.03. The van der Waals surface area contributed by atoms with Crippen LogP contribution in [0.15, 0.2) is 0 Å². The highest BCUT2D eigenvalue weighted by Gasteiger charge is 2.37. The maximum atomic E-state index is 10.7. The maximum absolute atomic E-state index is 10.7. The van der Waals surface area contributed by atoms with Gasteiger partial charge in [-0.05, 0) is 6.55 Å². The Morgan fingerprint density at radius 2 is 1.91 bits per heavy atom. The predicted molar refractivity (Wildman–Crippen MR) is 45.5 cm³/mol. The van der Waals surface area contributed by atoms with E-state index in [0.29, 0.717) is 0 Å². The molecule has 0 radical (unpaired) electrons. The third-order valence-corrected chi connectivity index (χ3v) is 5.40. The summed E-state index contributed by atoms with van der Waals surface area (Å²) < 4.78 is 10.3. The molecular formula is C7H16O3Si. The first-order valence-electron chi connectivity index (χ1n) is 3.67. The van der Waals surface area contributed by atoms with Crippen molar-refractivity contribution in [2.24, 2.45) is 0 Å². The van der Waals surface area contributed by atoms with Crippen LogP contribution in [0.2, 0.25) is 12.1 Å². The summed E-state index contributed by atoms with van der Waals surface area (Å²) in [7, 11) is -0.621. The Kier molecular flexibility index (Phi) is 3.75. The van der Waals surface area contributed by atoms with Crippen molar-refractivity contribution in [2.75, 3.05) is 7.11 Å². The molecule has 3 nitrogen and oxygen atoms in total. The molecule has 0 aromatic heterocycles. The Labute approximate surface area is 68.9 Å². The summed E-state index contributed by atoms with van der Waals surface area (Å²) in [6.45, 7) is 7.29. The number of carbonyl (C=O) groups excluding carboxylic acids is 1. The number of hydrogen-bond donors (Lipinski definition) is 0. The molecular weight excluding hydrogens is 160 g/mol. The SMILES string of the molecule is CO[Si](C)(OC(C)=O)C(C)C. The molecule has 0 heterocycles. The van der Waals surface area contributed by atoms with Crippen molar-refractivity contribution in [1.82, 2.24) is 0 Å². The van der Waals surface area contributed by atoms with Crippen LogP contribution in [0, 0.1) is 0 Å². The van der Waals surface area contributed by atoms with Gasteiger partial charge in [-0.25, -0.2) is 0 Å². The Morgan fingerprint density at radius 1 is 1.45 bits per heavy atom. The fraction of sp³-hybridized carbons (Fsp3) is 0.857. The summed E-state index contributed by atoms with van der Waals surface area (Å²) in [6.07, 6.45) is 0. The lowest BCUT2D eigenvalue weighted by Crippen LogP contribution is -2.42. The van der Waals surface area contributed by atoms with Gasteiger partial charge in [-0.1, -0.05) is 13.8 Å². The highest BCUT2D eigenvalue weighted by atomic mass is 28.4. The molecule has 4 heteroatoms. The van der Waals surface area contributed by atoms with Crippen molar-refractivity contribution < 1.29 is 13.6 Å². The highest BCUT2D eigenvalue weighted by Crippen LogP contribution is 2.22. The second kappa shape index (κ2) is 3.87. The Bertz CT molecular complexity index is 147. The summed E-state index contributed by atoms with van der Waals surface area (Å²) >= 11 is 0. The molecule has 0 saturated carbocycles. The van der Waals surface area contributed by atoms with Gasteiger partial charge in [0.2, 0.25) is 0 Å². The molecule has 0 fully saturated rings. The second-order valence-electron chi connectivity index (χ2n) is 2.97. The lowest BCUT2D eigenvalue weighted by molar-refractivity contribution is -0.134. The number of rotatable bonds is 3. The summed E-state index contributed by atoms with van der Waals surface area (Å²) in [4.78, 5) is 10.7. The molecule has 0 rings (SSSR count). The van der Waals surface area contributed by atoms with Gasteiger partial charge in [0.1, 0.15) is 0 Å². The van der Waals surface area contributed by atoms with Gasteiger partial charge in [0.05, 0.1) is 0 Å². The molecule has 0 aliphatic heterocycles. The van der Waals surface area contributed by atoms with Crippen LogP contribution in [0.5, 0.6) is 0 Å². The minimum absolute atomic E-state index is 0.255. The fourth-order valence-corrected chi connectivity index (χ4v) is 2.04. The quantitative estimate of drug-likeness (QED) is 0.614. The van der Waals surface area contributed by atoms with Gasteiger partial charge in [0.25, 0.3) is 5.97 Å². The van der Waals surface area contributed by atoms with E-state index in [9.17, 15) is 4.79 Å². The van der Waals surface area contributed by atoms with Gasteiger partial charge in [-0.2, -0.15) is 0 Å². The molecule has 0 amide bonds. The van der Waals surface area contributed by atoms with Gasteiger partial charge < -0.3 is 8.85 Å². The molecule has 0 aliphatic rings. The lowest BCUT2D eigenvalue weighted by atomic mass is 10.6. The van der Waals surface area contributed by atoms with E-state index in [1.807, 2.05) is 20.4 Å². The second-order valence-corrected chi connectivity index (χ2v) is 6.77. The van der Waals surface area contributed by atoms with Crippen LogP contribution in [-0.4, -0.2) is 21.6 Å². The van der Waals surface area contributed by atoms with Crippen LogP contribution in [0.25, 0.3) is 0 Å². The fourth-order valence-electron chi connectivity index (χ4n) is 0.681. The van der Waals surface area contributed by atoms with Crippen molar-refractivity contribution in [3.63, 3.8) is 0 Å². The molecule has 11 heavy (non-hydrogen) atoms. The average Bonchev–Trinajstić information content (AvgIpc) is 1.86. The average molecular weight is 176 g/mol. The molecule has 0 aromatic rings. The Morgan fingerprint density at radius 3 is 2.00 bits per heavy atom. The first-order chi connectivity index (χ1) is 4.92. The van der Waals surface area contributed by atoms with E-state index < -0.39 is 8.56 Å². The van der Waals surface area contributed by atoms with Crippen molar-refractivity contribution in [2.45, 2.75) is 32.9 Å². The maximum Gasteiger partial charge on any atom is 0.400 e. The van der Waals surface area contributed by atoms with E-state index in [-0.39, 0.29) is 11.5 Å². The molecule has 1 atom stereocenters. The van der Waals surface area contributed by atoms with E-state index in [2.05, 4.69) is 0 Å². The minimum atomic E-state index is -2.21. The normalized spacial score (nSPS) is 16.2. The van der Waals surface area contributed by atoms with E-state index in [4.69, 9.17) is 8.85 Å². The van der Waals surface area contributed by atoms with E-state index in [1.165, 1.54) is 6.92 Å². The molecule has 0 aromatic carbocycles. The predicted octanol–water partition coefficient (Wildman–Crippen LogP) is 1.68. The van der Waals surface area contributed by atoms with Crippen molar-refractivity contribution in [1.29, 1.82) is 0 Å². The van der Waals surface area contributed by atoms with Gasteiger partial charge in [0.15, 0.2) is 0 Å². The summed E-state index contributed by atoms with van der Waals surface area (Å²) in [5.41, 5.74) is 0.288. The van der Waals surface area contributed by atoms with Gasteiger partial charge in [-0.3, -0.25) is 4.79 Å². The first-order valence-corrected chi connectivity index (χ1v) is 6.06. The van der Waals surface area contributed by atoms with Gasteiger partial charge >= 0.3 is 8.56 Å². The molecule has 1 unspecified atom stereocenters.